The Morgan fingerprint density at radius 1 is 1.07 bits per heavy atom. The van der Waals surface area contributed by atoms with E-state index < -0.39 is 0 Å². The van der Waals surface area contributed by atoms with Crippen LogP contribution in [0.15, 0.2) is 30.3 Å². The predicted molar refractivity (Wildman–Crippen MR) is 61.7 cm³/mol. The van der Waals surface area contributed by atoms with Crippen LogP contribution in [0, 0.1) is 0 Å². The first-order valence-corrected chi connectivity index (χ1v) is 4.83. The topological polar surface area (TPSA) is 0 Å². The molecular formula is C12H21F3. The molecule has 15 heavy (non-hydrogen) atoms. The summed E-state index contributed by atoms with van der Waals surface area (Å²) in [4.78, 5) is 0. The van der Waals surface area contributed by atoms with Crippen LogP contribution in [0.2, 0.25) is 0 Å². The largest absolute Gasteiger partial charge is 0.269 e. The normalized spacial score (nSPS) is 9.47. The summed E-state index contributed by atoms with van der Waals surface area (Å²) in [5.41, 5.74) is 1.07. The molecule has 0 N–H and O–H groups in total. The summed E-state index contributed by atoms with van der Waals surface area (Å²) >= 11 is 0. The van der Waals surface area contributed by atoms with Gasteiger partial charge in [-0.25, -0.2) is 0 Å². The molecule has 0 heterocycles. The van der Waals surface area contributed by atoms with E-state index in [0.717, 1.165) is 5.56 Å². The molecule has 3 heteroatoms. The lowest BCUT2D eigenvalue weighted by molar-refractivity contribution is 0.447. The van der Waals surface area contributed by atoms with Crippen LogP contribution in [0.25, 0.3) is 0 Å². The third kappa shape index (κ3) is 9.32. The van der Waals surface area contributed by atoms with Gasteiger partial charge in [-0.1, -0.05) is 51.1 Å². The van der Waals surface area contributed by atoms with Crippen LogP contribution in [0.3, 0.4) is 0 Å². The molecule has 1 aromatic carbocycles. The van der Waals surface area contributed by atoms with Gasteiger partial charge >= 0.3 is 0 Å². The van der Waals surface area contributed by atoms with Gasteiger partial charge in [0, 0.05) is 5.92 Å². The Morgan fingerprint density at radius 3 is 1.80 bits per heavy atom. The van der Waals surface area contributed by atoms with Crippen LogP contribution >= 0.6 is 0 Å². The fourth-order valence-electron chi connectivity index (χ4n) is 0.871. The third-order valence-electron chi connectivity index (χ3n) is 1.60. The van der Waals surface area contributed by atoms with Gasteiger partial charge in [-0.2, -0.15) is 0 Å². The zero-order valence-electron chi connectivity index (χ0n) is 9.84. The molecule has 0 spiro atoms. The van der Waals surface area contributed by atoms with Gasteiger partial charge in [-0.05, 0) is 5.56 Å². The Hall–Kier alpha value is -0.990. The summed E-state index contributed by atoms with van der Waals surface area (Å²) in [5, 5.41) is 0. The Labute approximate surface area is 90.7 Å². The summed E-state index contributed by atoms with van der Waals surface area (Å²) < 4.78 is 21.6. The summed E-state index contributed by atoms with van der Waals surface area (Å²) in [5.74, 6) is 0.0428. The lowest BCUT2D eigenvalue weighted by Gasteiger charge is -2.04. The van der Waals surface area contributed by atoms with Crippen molar-refractivity contribution in [3.8, 4) is 0 Å². The number of halogens is 3. The van der Waals surface area contributed by atoms with Crippen LogP contribution < -0.4 is 0 Å². The van der Waals surface area contributed by atoms with Gasteiger partial charge in [0.2, 0.25) is 0 Å². The zero-order valence-corrected chi connectivity index (χ0v) is 9.84. The quantitative estimate of drug-likeness (QED) is 0.690. The first kappa shape index (κ1) is 19.6. The number of rotatable bonds is 2. The summed E-state index contributed by atoms with van der Waals surface area (Å²) in [7, 11) is 0.500. The van der Waals surface area contributed by atoms with Crippen molar-refractivity contribution in [2.24, 2.45) is 0 Å². The van der Waals surface area contributed by atoms with Gasteiger partial charge in [0.05, 0.1) is 13.9 Å². The van der Waals surface area contributed by atoms with E-state index in [4.69, 9.17) is 0 Å². The highest BCUT2D eigenvalue weighted by atomic mass is 19.1. The fourth-order valence-corrected chi connectivity index (χ4v) is 0.871. The highest BCUT2D eigenvalue weighted by Gasteiger charge is 2.01. The number of hydrogen-bond donors (Lipinski definition) is 0. The van der Waals surface area contributed by atoms with Crippen molar-refractivity contribution < 1.29 is 13.5 Å². The van der Waals surface area contributed by atoms with Crippen molar-refractivity contribution in [3.63, 3.8) is 0 Å². The van der Waals surface area contributed by atoms with Crippen LogP contribution in [0.5, 0.6) is 0 Å². The molecule has 1 unspecified atom stereocenters. The standard InChI is InChI=1S/C9H11F.C2H6.CH3F.FH/c1-8(7-10)9-5-3-2-4-6-9;2*1-2;/h2-6,8H,7H2,1H3;1-2H3;1H3;1H. The first-order valence-electron chi connectivity index (χ1n) is 4.83. The Bertz CT molecular complexity index is 187. The maximum Gasteiger partial charge on any atom is 0.0960 e. The van der Waals surface area contributed by atoms with Crippen molar-refractivity contribution >= 4 is 0 Å². The monoisotopic (exact) mass is 222 g/mol. The molecule has 1 atom stereocenters. The molecule has 0 amide bonds. The molecule has 0 aromatic heterocycles. The Morgan fingerprint density at radius 2 is 1.47 bits per heavy atom. The van der Waals surface area contributed by atoms with Crippen LogP contribution in [0.4, 0.5) is 13.5 Å². The maximum atomic E-state index is 12.1. The predicted octanol–water partition coefficient (Wildman–Crippen LogP) is 4.52. The molecule has 1 rings (SSSR count). The average molecular weight is 222 g/mol. The van der Waals surface area contributed by atoms with Gasteiger partial charge in [0.25, 0.3) is 0 Å². The van der Waals surface area contributed by atoms with Gasteiger partial charge in [0.1, 0.15) is 0 Å². The van der Waals surface area contributed by atoms with E-state index in [1.54, 1.807) is 0 Å². The van der Waals surface area contributed by atoms with Crippen LogP contribution in [0.1, 0.15) is 32.3 Å². The lowest BCUT2D eigenvalue weighted by Crippen LogP contribution is -1.93. The second kappa shape index (κ2) is 15.5. The zero-order chi connectivity index (χ0) is 11.4. The Kier molecular flexibility index (Phi) is 20.2. The minimum Gasteiger partial charge on any atom is -0.269 e. The highest BCUT2D eigenvalue weighted by molar-refractivity contribution is 5.18. The van der Waals surface area contributed by atoms with Crippen molar-refractivity contribution in [3.05, 3.63) is 35.9 Å². The van der Waals surface area contributed by atoms with Crippen molar-refractivity contribution in [1.82, 2.24) is 0 Å². The van der Waals surface area contributed by atoms with Gasteiger partial charge < -0.3 is 0 Å². The van der Waals surface area contributed by atoms with Crippen molar-refractivity contribution in [2.75, 3.05) is 13.9 Å². The molecule has 0 saturated carbocycles. The van der Waals surface area contributed by atoms with Crippen LogP contribution in [-0.2, 0) is 0 Å². The molecule has 0 aliphatic rings. The van der Waals surface area contributed by atoms with E-state index >= 15 is 0 Å². The van der Waals surface area contributed by atoms with E-state index in [0.29, 0.717) is 7.18 Å². The van der Waals surface area contributed by atoms with Crippen molar-refractivity contribution in [2.45, 2.75) is 26.7 Å². The number of hydrogen-bond acceptors (Lipinski definition) is 0. The van der Waals surface area contributed by atoms with E-state index in [9.17, 15) is 8.78 Å². The van der Waals surface area contributed by atoms with E-state index in [-0.39, 0.29) is 17.3 Å². The molecule has 0 saturated heterocycles. The lowest BCUT2D eigenvalue weighted by atomic mass is 10.0. The molecule has 0 radical (unpaired) electrons. The average Bonchev–Trinajstić information content (AvgIpc) is 2.34. The second-order valence-electron chi connectivity index (χ2n) is 2.47. The van der Waals surface area contributed by atoms with E-state index in [2.05, 4.69) is 0 Å². The Balaban J connectivity index is -0.000000258. The minimum absolute atomic E-state index is 0. The van der Waals surface area contributed by atoms with Gasteiger partial charge in [-0.3, -0.25) is 13.5 Å². The third-order valence-corrected chi connectivity index (χ3v) is 1.60. The molecule has 0 aliphatic carbocycles. The van der Waals surface area contributed by atoms with Gasteiger partial charge in [-0.15, -0.1) is 0 Å². The van der Waals surface area contributed by atoms with Gasteiger partial charge in [0.15, 0.2) is 0 Å². The molecule has 0 nitrogen and oxygen atoms in total. The molecule has 0 aliphatic heterocycles. The molecule has 90 valence electrons. The van der Waals surface area contributed by atoms with Crippen LogP contribution in [-0.4, -0.2) is 13.9 Å². The minimum atomic E-state index is -0.274. The van der Waals surface area contributed by atoms with E-state index in [1.165, 1.54) is 0 Å². The van der Waals surface area contributed by atoms with Crippen molar-refractivity contribution in [1.29, 1.82) is 0 Å². The molecule has 0 bridgehead atoms. The molecule has 1 aromatic rings. The fraction of sp³-hybridized carbons (Fsp3) is 0.500. The highest BCUT2D eigenvalue weighted by Crippen LogP contribution is 2.13. The SMILES string of the molecule is CC.CC(CF)c1ccccc1.CF.F. The smallest absolute Gasteiger partial charge is 0.0960 e. The second-order valence-corrected chi connectivity index (χ2v) is 2.47. The first-order chi connectivity index (χ1) is 6.84. The van der Waals surface area contributed by atoms with E-state index in [1.807, 2.05) is 51.1 Å². The summed E-state index contributed by atoms with van der Waals surface area (Å²) in [6.45, 7) is 5.61. The maximum absolute atomic E-state index is 12.1. The number of alkyl halides is 2. The molecular weight excluding hydrogens is 201 g/mol. The number of benzene rings is 1. The molecule has 0 fully saturated rings. The summed E-state index contributed by atoms with van der Waals surface area (Å²) in [6.07, 6.45) is 0. The summed E-state index contributed by atoms with van der Waals surface area (Å²) in [6, 6.07) is 9.70.